The number of nitrogens with zero attached hydrogens (tertiary/aromatic N) is 6. The SMILES string of the molecule is O=C(c1cncc(-n2ccnn2)c1)N1CC(N2CCCC2=O)C1. The van der Waals surface area contributed by atoms with Crippen molar-refractivity contribution in [1.29, 1.82) is 0 Å². The number of likely N-dealkylation sites (tertiary alicyclic amines) is 2. The van der Waals surface area contributed by atoms with Crippen molar-refractivity contribution in [3.8, 4) is 5.69 Å². The molecule has 0 atom stereocenters. The van der Waals surface area contributed by atoms with E-state index in [1.807, 2.05) is 4.90 Å². The van der Waals surface area contributed by atoms with Crippen molar-refractivity contribution in [2.45, 2.75) is 18.9 Å². The van der Waals surface area contributed by atoms with Crippen LogP contribution in [0.25, 0.3) is 5.69 Å². The summed E-state index contributed by atoms with van der Waals surface area (Å²) in [4.78, 5) is 32.0. The standard InChI is InChI=1S/C15H16N6O2/c22-14-2-1-4-20(14)13-9-19(10-13)15(23)11-6-12(8-16-7-11)21-5-3-17-18-21/h3,5-8,13H,1-2,4,9-10H2. The van der Waals surface area contributed by atoms with Gasteiger partial charge in [-0.3, -0.25) is 14.6 Å². The van der Waals surface area contributed by atoms with Crippen molar-refractivity contribution >= 4 is 11.8 Å². The summed E-state index contributed by atoms with van der Waals surface area (Å²) >= 11 is 0. The Morgan fingerprint density at radius 3 is 2.83 bits per heavy atom. The summed E-state index contributed by atoms with van der Waals surface area (Å²) in [6, 6.07) is 1.92. The van der Waals surface area contributed by atoms with Gasteiger partial charge < -0.3 is 9.80 Å². The molecule has 118 valence electrons. The second-order valence-electron chi connectivity index (χ2n) is 5.83. The van der Waals surface area contributed by atoms with Gasteiger partial charge in [-0.2, -0.15) is 0 Å². The van der Waals surface area contributed by atoms with Crippen LogP contribution in [0.4, 0.5) is 0 Å². The van der Waals surface area contributed by atoms with E-state index in [9.17, 15) is 9.59 Å². The fraction of sp³-hybridized carbons (Fsp3) is 0.400. The molecule has 8 heteroatoms. The van der Waals surface area contributed by atoms with Crippen molar-refractivity contribution in [3.05, 3.63) is 36.4 Å². The number of carbonyl (C=O) groups is 2. The van der Waals surface area contributed by atoms with Gasteiger partial charge in [-0.15, -0.1) is 5.10 Å². The highest BCUT2D eigenvalue weighted by Gasteiger charge is 2.38. The van der Waals surface area contributed by atoms with E-state index in [0.29, 0.717) is 30.8 Å². The molecule has 0 unspecified atom stereocenters. The first-order valence-corrected chi connectivity index (χ1v) is 7.63. The quantitative estimate of drug-likeness (QED) is 0.803. The smallest absolute Gasteiger partial charge is 0.255 e. The zero-order chi connectivity index (χ0) is 15.8. The minimum absolute atomic E-state index is 0.0673. The number of pyridine rings is 1. The van der Waals surface area contributed by atoms with Crippen LogP contribution in [0, 0.1) is 0 Å². The predicted molar refractivity (Wildman–Crippen MR) is 79.8 cm³/mol. The van der Waals surface area contributed by atoms with E-state index in [1.54, 1.807) is 40.4 Å². The Labute approximate surface area is 132 Å². The van der Waals surface area contributed by atoms with E-state index >= 15 is 0 Å². The van der Waals surface area contributed by atoms with Gasteiger partial charge in [-0.1, -0.05) is 5.21 Å². The molecule has 0 radical (unpaired) electrons. The Morgan fingerprint density at radius 1 is 1.26 bits per heavy atom. The average molecular weight is 312 g/mol. The fourth-order valence-corrected chi connectivity index (χ4v) is 3.07. The Kier molecular flexibility index (Phi) is 3.29. The zero-order valence-electron chi connectivity index (χ0n) is 12.5. The van der Waals surface area contributed by atoms with Crippen LogP contribution < -0.4 is 0 Å². The molecule has 4 rings (SSSR count). The van der Waals surface area contributed by atoms with Gasteiger partial charge in [-0.05, 0) is 12.5 Å². The van der Waals surface area contributed by atoms with Crippen LogP contribution in [-0.4, -0.2) is 67.3 Å². The maximum Gasteiger partial charge on any atom is 0.255 e. The molecule has 2 saturated heterocycles. The van der Waals surface area contributed by atoms with Crippen LogP contribution in [-0.2, 0) is 4.79 Å². The molecular weight excluding hydrogens is 296 g/mol. The Morgan fingerprint density at radius 2 is 2.13 bits per heavy atom. The monoisotopic (exact) mass is 312 g/mol. The summed E-state index contributed by atoms with van der Waals surface area (Å²) in [5.41, 5.74) is 1.21. The minimum Gasteiger partial charge on any atom is -0.336 e. The van der Waals surface area contributed by atoms with E-state index in [1.165, 1.54) is 0 Å². The van der Waals surface area contributed by atoms with Crippen LogP contribution in [0.15, 0.2) is 30.9 Å². The van der Waals surface area contributed by atoms with Crippen molar-refractivity contribution in [3.63, 3.8) is 0 Å². The van der Waals surface area contributed by atoms with Gasteiger partial charge in [-0.25, -0.2) is 4.68 Å². The van der Waals surface area contributed by atoms with E-state index in [4.69, 9.17) is 0 Å². The number of hydrogen-bond donors (Lipinski definition) is 0. The van der Waals surface area contributed by atoms with Crippen LogP contribution in [0.2, 0.25) is 0 Å². The lowest BCUT2D eigenvalue weighted by molar-refractivity contribution is -0.132. The maximum absolute atomic E-state index is 12.5. The molecule has 2 aromatic rings. The summed E-state index contributed by atoms with van der Waals surface area (Å²) in [6.07, 6.45) is 8.01. The van der Waals surface area contributed by atoms with E-state index in [-0.39, 0.29) is 17.9 Å². The van der Waals surface area contributed by atoms with Crippen LogP contribution >= 0.6 is 0 Å². The molecule has 23 heavy (non-hydrogen) atoms. The van der Waals surface area contributed by atoms with Crippen molar-refractivity contribution in [1.82, 2.24) is 29.8 Å². The predicted octanol–water partition coefficient (Wildman–Crippen LogP) is 0.109. The average Bonchev–Trinajstić information content (AvgIpc) is 3.18. The van der Waals surface area contributed by atoms with E-state index in [0.717, 1.165) is 13.0 Å². The number of amides is 2. The van der Waals surface area contributed by atoms with Gasteiger partial charge in [0.25, 0.3) is 5.91 Å². The van der Waals surface area contributed by atoms with Gasteiger partial charge in [0, 0.05) is 32.3 Å². The summed E-state index contributed by atoms with van der Waals surface area (Å²) in [7, 11) is 0. The Hall–Kier alpha value is -2.77. The van der Waals surface area contributed by atoms with Gasteiger partial charge in [0.15, 0.2) is 0 Å². The summed E-state index contributed by atoms with van der Waals surface area (Å²) in [6.45, 7) is 2.01. The van der Waals surface area contributed by atoms with E-state index < -0.39 is 0 Å². The molecule has 2 amide bonds. The van der Waals surface area contributed by atoms with E-state index in [2.05, 4.69) is 15.3 Å². The molecule has 0 bridgehead atoms. The first kappa shape index (κ1) is 13.9. The topological polar surface area (TPSA) is 84.2 Å². The lowest BCUT2D eigenvalue weighted by Crippen LogP contribution is -2.61. The Bertz CT molecular complexity index is 738. The maximum atomic E-state index is 12.5. The lowest BCUT2D eigenvalue weighted by Gasteiger charge is -2.43. The third-order valence-corrected chi connectivity index (χ3v) is 4.36. The van der Waals surface area contributed by atoms with Gasteiger partial charge >= 0.3 is 0 Å². The fourth-order valence-electron chi connectivity index (χ4n) is 3.07. The molecule has 2 aliphatic heterocycles. The summed E-state index contributed by atoms with van der Waals surface area (Å²) in [5, 5.41) is 7.65. The highest BCUT2D eigenvalue weighted by atomic mass is 16.2. The van der Waals surface area contributed by atoms with Crippen LogP contribution in [0.1, 0.15) is 23.2 Å². The molecule has 0 aromatic carbocycles. The molecule has 4 heterocycles. The number of aromatic nitrogens is 4. The minimum atomic E-state index is -0.0673. The van der Waals surface area contributed by atoms with Gasteiger partial charge in [0.2, 0.25) is 5.91 Å². The molecule has 2 fully saturated rings. The highest BCUT2D eigenvalue weighted by molar-refractivity contribution is 5.95. The highest BCUT2D eigenvalue weighted by Crippen LogP contribution is 2.23. The van der Waals surface area contributed by atoms with Crippen LogP contribution in [0.3, 0.4) is 0 Å². The molecular formula is C15H16N6O2. The number of rotatable bonds is 3. The lowest BCUT2D eigenvalue weighted by atomic mass is 10.1. The first-order valence-electron chi connectivity index (χ1n) is 7.63. The first-order chi connectivity index (χ1) is 11.2. The molecule has 0 spiro atoms. The third kappa shape index (κ3) is 2.45. The zero-order valence-corrected chi connectivity index (χ0v) is 12.5. The summed E-state index contributed by atoms with van der Waals surface area (Å²) in [5.74, 6) is 0.138. The van der Waals surface area contributed by atoms with Crippen molar-refractivity contribution < 1.29 is 9.59 Å². The number of hydrogen-bond acceptors (Lipinski definition) is 5. The molecule has 8 nitrogen and oxygen atoms in total. The summed E-state index contributed by atoms with van der Waals surface area (Å²) < 4.78 is 1.56. The normalized spacial score (nSPS) is 18.3. The van der Waals surface area contributed by atoms with Crippen LogP contribution in [0.5, 0.6) is 0 Å². The Balaban J connectivity index is 1.44. The third-order valence-electron chi connectivity index (χ3n) is 4.36. The van der Waals surface area contributed by atoms with Crippen molar-refractivity contribution in [2.24, 2.45) is 0 Å². The van der Waals surface area contributed by atoms with Crippen molar-refractivity contribution in [2.75, 3.05) is 19.6 Å². The second kappa shape index (κ2) is 5.45. The molecule has 2 aromatic heterocycles. The van der Waals surface area contributed by atoms with Gasteiger partial charge in [0.1, 0.15) is 0 Å². The molecule has 0 aliphatic carbocycles. The second-order valence-corrected chi connectivity index (χ2v) is 5.83. The number of carbonyl (C=O) groups excluding carboxylic acids is 2. The molecule has 0 saturated carbocycles. The molecule has 0 N–H and O–H groups in total. The largest absolute Gasteiger partial charge is 0.336 e. The molecule has 2 aliphatic rings. The van der Waals surface area contributed by atoms with Gasteiger partial charge in [0.05, 0.1) is 35.9 Å².